The molecule has 0 saturated carbocycles. The molecule has 484 valence electrons. The van der Waals surface area contributed by atoms with Gasteiger partial charge in [-0.15, -0.1) is 0 Å². The average Bonchev–Trinajstić information content (AvgIpc) is 0.836. The summed E-state index contributed by atoms with van der Waals surface area (Å²) < 4.78 is 21.0. The lowest BCUT2D eigenvalue weighted by Crippen LogP contribution is -2.11. The van der Waals surface area contributed by atoms with Gasteiger partial charge in [-0.25, -0.2) is 0 Å². The van der Waals surface area contributed by atoms with Crippen molar-refractivity contribution in [1.82, 2.24) is 36.5 Å². The zero-order chi connectivity index (χ0) is 67.6. The van der Waals surface area contributed by atoms with Gasteiger partial charge in [-0.3, -0.25) is 0 Å². The Balaban J connectivity index is 1.04. The maximum Gasteiger partial charge on any atom is 0.0699 e. The van der Waals surface area contributed by atoms with Crippen LogP contribution in [0.2, 0.25) is 0 Å². The molecule has 104 heavy (non-hydrogen) atoms. The molecule has 16 aromatic carbocycles. The van der Waals surface area contributed by atoms with E-state index in [2.05, 4.69) is 388 Å². The predicted molar refractivity (Wildman–Crippen MR) is 440 cm³/mol. The second-order valence-corrected chi connectivity index (χ2v) is 31.6. The topological polar surface area (TPSA) is 39.4 Å². The molecular weight excluding hydrogens is 1300 g/mol. The van der Waals surface area contributed by atoms with Crippen molar-refractivity contribution in [1.29, 1.82) is 0 Å². The molecule has 8 heterocycles. The number of aromatic nitrogens is 8. The summed E-state index contributed by atoms with van der Waals surface area (Å²) in [5.74, 6) is 0. The van der Waals surface area contributed by atoms with Crippen molar-refractivity contribution in [3.05, 3.63) is 352 Å². The van der Waals surface area contributed by atoms with E-state index in [9.17, 15) is 0 Å². The number of para-hydroxylation sites is 10. The van der Waals surface area contributed by atoms with Crippen LogP contribution in [0.3, 0.4) is 0 Å². The quantitative estimate of drug-likeness (QED) is 0.107. The van der Waals surface area contributed by atoms with E-state index in [4.69, 9.17) is 0 Å². The number of fused-ring (bicyclic) bond motifs is 11. The molecule has 8 aromatic heterocycles. The largest absolute Gasteiger partial charge is 0.309 e. The lowest BCUT2D eigenvalue weighted by atomic mass is 10.0. The van der Waals surface area contributed by atoms with Gasteiger partial charge in [-0.1, -0.05) is 209 Å². The second-order valence-electron chi connectivity index (χ2n) is 27.6. The Labute approximate surface area is 596 Å². The first-order valence-corrected chi connectivity index (χ1v) is 38.4. The van der Waals surface area contributed by atoms with E-state index in [1.165, 1.54) is 140 Å². The van der Waals surface area contributed by atoms with Crippen LogP contribution in [0.25, 0.3) is 197 Å². The smallest absolute Gasteiger partial charge is 0.0699 e. The molecule has 0 amide bonds. The van der Waals surface area contributed by atoms with E-state index < -0.39 is 14.7 Å². The fourth-order valence-electron chi connectivity index (χ4n) is 18.5. The van der Waals surface area contributed by atoms with Crippen LogP contribution in [-0.2, 0) is 0 Å². The Morgan fingerprint density at radius 3 is 0.663 bits per heavy atom. The monoisotopic (exact) mass is 1360 g/mol. The highest BCUT2D eigenvalue weighted by Gasteiger charge is 2.34. The molecule has 0 bridgehead atoms. The van der Waals surface area contributed by atoms with Crippen LogP contribution < -0.4 is 0 Å². The maximum absolute atomic E-state index is 2.68. The minimum atomic E-state index is -1.36. The Kier molecular flexibility index (Phi) is 11.5. The highest BCUT2D eigenvalue weighted by Crippen LogP contribution is 2.63. The van der Waals surface area contributed by atoms with Crippen LogP contribution in [0.4, 0.5) is 0 Å². The normalized spacial score (nSPS) is 12.8. The first-order valence-electron chi connectivity index (χ1n) is 35.7. The summed E-state index contributed by atoms with van der Waals surface area (Å²) >= 11 is 0. The van der Waals surface area contributed by atoms with Gasteiger partial charge in [0.25, 0.3) is 0 Å². The summed E-state index contributed by atoms with van der Waals surface area (Å²) in [6, 6.07) is 133. The SMILES string of the molecule is c1ccc(-n2c3ccccc3c3c2cc2c4c3n(-c3ccccc3)c3cccc5c3p4c3c(cc4c(cc6c7c4n(-c4ccccc4)c4cccc8c4p7c4c(cc7c(c9ccccc9n7-c7ccccc7)c4n8-c4ccccc4)n6-c4ccccc4)c3n5-c3ccccc3)n2-c2ccccc2)cc1. The van der Waals surface area contributed by atoms with Gasteiger partial charge in [0.2, 0.25) is 0 Å². The van der Waals surface area contributed by atoms with Gasteiger partial charge in [0, 0.05) is 109 Å². The number of hydrogen-bond donors (Lipinski definition) is 0. The minimum absolute atomic E-state index is 1.10. The first kappa shape index (κ1) is 56.5. The fraction of sp³-hybridized carbons (Fsp3) is 0. The van der Waals surface area contributed by atoms with Gasteiger partial charge in [-0.2, -0.15) is 0 Å². The van der Waals surface area contributed by atoms with Crippen molar-refractivity contribution >= 4 is 166 Å². The average molecular weight is 1360 g/mol. The van der Waals surface area contributed by atoms with Gasteiger partial charge in [0.05, 0.1) is 88.3 Å². The highest BCUT2D eigenvalue weighted by atomic mass is 31.1. The molecule has 0 fully saturated rings. The number of benzene rings is 16. The zero-order valence-corrected chi connectivity index (χ0v) is 57.7. The summed E-state index contributed by atoms with van der Waals surface area (Å²) in [6.07, 6.45) is 0. The van der Waals surface area contributed by atoms with E-state index in [0.29, 0.717) is 0 Å². The maximum atomic E-state index is 2.68. The molecule has 0 N–H and O–H groups in total. The molecule has 0 aliphatic rings. The summed E-state index contributed by atoms with van der Waals surface area (Å²) in [7, 11) is -2.72. The Morgan fingerprint density at radius 2 is 0.365 bits per heavy atom. The molecule has 0 aliphatic heterocycles. The van der Waals surface area contributed by atoms with Crippen LogP contribution in [0.5, 0.6) is 0 Å². The van der Waals surface area contributed by atoms with Crippen molar-refractivity contribution in [3.63, 3.8) is 0 Å². The standard InChI is InChI=1S/C94H58N8P2/c1-9-31-59(32-10-1)95-71-49-27-25-47-67(71)83-77(95)57-81-93-87(83)101(65-43-21-7-22-44-65)75-53-29-51-73-89(75)103(93)91-79(97(81)61-35-13-3-14-36-61)55-69-70(85(91)99(73)63-39-17-5-18-40-63)56-80-92-86(69)100(64-41-19-6-20-42-64)74-52-30-54-76-90(74)104(92)94-82(98(80)62-37-15-4-16-38-62)58-78-84(88(94)102(76)66-45-23-8-24-46-66)68-48-26-28-50-72(68)96(78)60-33-11-2-12-34-60/h1-58H. The molecule has 0 saturated heterocycles. The van der Waals surface area contributed by atoms with Crippen LogP contribution in [0, 0.1) is 0 Å². The molecule has 2 atom stereocenters. The van der Waals surface area contributed by atoms with Crippen molar-refractivity contribution in [3.8, 4) is 45.5 Å². The van der Waals surface area contributed by atoms with E-state index in [-0.39, 0.29) is 0 Å². The Morgan fingerprint density at radius 1 is 0.144 bits per heavy atom. The van der Waals surface area contributed by atoms with Crippen LogP contribution in [0.15, 0.2) is 352 Å². The Bertz CT molecular complexity index is 7250. The van der Waals surface area contributed by atoms with E-state index in [1.807, 2.05) is 0 Å². The van der Waals surface area contributed by atoms with Gasteiger partial charge in [0.15, 0.2) is 0 Å². The fourth-order valence-corrected chi connectivity index (χ4v) is 24.7. The molecule has 10 heteroatoms. The van der Waals surface area contributed by atoms with Crippen LogP contribution >= 0.6 is 14.7 Å². The lowest BCUT2D eigenvalue weighted by Gasteiger charge is -2.31. The molecule has 24 aromatic rings. The zero-order valence-electron chi connectivity index (χ0n) is 56.0. The summed E-state index contributed by atoms with van der Waals surface area (Å²) in [5, 5.41) is 15.4. The van der Waals surface area contributed by atoms with Crippen molar-refractivity contribution in [2.45, 2.75) is 0 Å². The van der Waals surface area contributed by atoms with E-state index >= 15 is 0 Å². The van der Waals surface area contributed by atoms with Crippen molar-refractivity contribution in [2.24, 2.45) is 0 Å². The number of rotatable bonds is 8. The molecule has 0 radical (unpaired) electrons. The highest BCUT2D eigenvalue weighted by molar-refractivity contribution is 7.64. The molecule has 24 rings (SSSR count). The van der Waals surface area contributed by atoms with Crippen LogP contribution in [-0.4, -0.2) is 36.5 Å². The third-order valence-corrected chi connectivity index (χ3v) is 27.7. The molecule has 0 aliphatic carbocycles. The van der Waals surface area contributed by atoms with Gasteiger partial charge >= 0.3 is 0 Å². The summed E-state index contributed by atoms with van der Waals surface area (Å²) in [4.78, 5) is 0. The number of nitrogens with zero attached hydrogens (tertiary/aromatic N) is 8. The van der Waals surface area contributed by atoms with Crippen molar-refractivity contribution in [2.75, 3.05) is 0 Å². The van der Waals surface area contributed by atoms with Gasteiger partial charge in [0.1, 0.15) is 0 Å². The van der Waals surface area contributed by atoms with Gasteiger partial charge < -0.3 is 36.5 Å². The second kappa shape index (κ2) is 21.2. The summed E-state index contributed by atoms with van der Waals surface area (Å²) in [6.45, 7) is 0. The Hall–Kier alpha value is -13.2. The lowest BCUT2D eigenvalue weighted by molar-refractivity contribution is 1.13. The van der Waals surface area contributed by atoms with E-state index in [1.54, 1.807) is 0 Å². The molecule has 8 nitrogen and oxygen atoms in total. The van der Waals surface area contributed by atoms with Crippen LogP contribution in [0.1, 0.15) is 0 Å². The first-order chi connectivity index (χ1) is 51.7. The van der Waals surface area contributed by atoms with Crippen molar-refractivity contribution < 1.29 is 0 Å². The molecule has 2 unspecified atom stereocenters. The minimum Gasteiger partial charge on any atom is -0.309 e. The molecular formula is C94H58N8P2. The van der Waals surface area contributed by atoms with E-state index in [0.717, 1.165) is 56.5 Å². The third kappa shape index (κ3) is 7.36. The third-order valence-electron chi connectivity index (χ3n) is 22.3. The predicted octanol–water partition coefficient (Wildman–Crippen LogP) is 25.9. The summed E-state index contributed by atoms with van der Waals surface area (Å²) in [5.41, 5.74) is 27.9. The molecule has 0 spiro atoms. The number of hydrogen-bond acceptors (Lipinski definition) is 0. The van der Waals surface area contributed by atoms with Gasteiger partial charge in [-0.05, 0) is 158 Å².